The first-order valence-electron chi connectivity index (χ1n) is 5.81. The van der Waals surface area contributed by atoms with Crippen molar-refractivity contribution in [2.75, 3.05) is 5.43 Å². The predicted molar refractivity (Wildman–Crippen MR) is 72.2 cm³/mol. The van der Waals surface area contributed by atoms with Crippen molar-refractivity contribution in [2.45, 2.75) is 13.5 Å². The standard InChI is InChI=1S/C13H15N5O/c1-9-3-2-5-16-12(9)8-17-13(19)10-7-15-6-4-11(10)18-14/h2-7H,8,14H2,1H3,(H,15,18)(H,17,19). The molecule has 6 heteroatoms. The Bertz CT molecular complexity index is 585. The minimum atomic E-state index is -0.244. The number of nitrogens with zero attached hydrogens (tertiary/aromatic N) is 2. The number of nitrogen functional groups attached to an aromatic ring is 1. The summed E-state index contributed by atoms with van der Waals surface area (Å²) in [6, 6.07) is 5.45. The zero-order valence-corrected chi connectivity index (χ0v) is 10.6. The molecule has 98 valence electrons. The molecule has 0 aliphatic rings. The third-order valence-electron chi connectivity index (χ3n) is 2.76. The van der Waals surface area contributed by atoms with Crippen molar-refractivity contribution >= 4 is 11.6 Å². The molecule has 0 unspecified atom stereocenters. The fraction of sp³-hybridized carbons (Fsp3) is 0.154. The highest BCUT2D eigenvalue weighted by atomic mass is 16.1. The zero-order valence-electron chi connectivity index (χ0n) is 10.6. The van der Waals surface area contributed by atoms with Gasteiger partial charge in [-0.1, -0.05) is 6.07 Å². The molecule has 0 aliphatic heterocycles. The van der Waals surface area contributed by atoms with Gasteiger partial charge >= 0.3 is 0 Å². The summed E-state index contributed by atoms with van der Waals surface area (Å²) in [6.45, 7) is 2.32. The molecule has 0 saturated carbocycles. The number of rotatable bonds is 4. The second kappa shape index (κ2) is 5.92. The molecule has 4 N–H and O–H groups in total. The monoisotopic (exact) mass is 257 g/mol. The number of anilines is 1. The highest BCUT2D eigenvalue weighted by Gasteiger charge is 2.11. The Morgan fingerprint density at radius 3 is 2.95 bits per heavy atom. The van der Waals surface area contributed by atoms with Crippen molar-refractivity contribution in [1.82, 2.24) is 15.3 Å². The van der Waals surface area contributed by atoms with Gasteiger partial charge < -0.3 is 10.7 Å². The summed E-state index contributed by atoms with van der Waals surface area (Å²) in [6.07, 6.45) is 4.73. The topological polar surface area (TPSA) is 92.9 Å². The first kappa shape index (κ1) is 13.0. The Morgan fingerprint density at radius 2 is 2.21 bits per heavy atom. The molecule has 19 heavy (non-hydrogen) atoms. The van der Waals surface area contributed by atoms with Gasteiger partial charge in [-0.25, -0.2) is 0 Å². The lowest BCUT2D eigenvalue weighted by Crippen LogP contribution is -2.25. The fourth-order valence-electron chi connectivity index (χ4n) is 1.66. The van der Waals surface area contributed by atoms with E-state index in [1.807, 2.05) is 19.1 Å². The van der Waals surface area contributed by atoms with Gasteiger partial charge in [-0.05, 0) is 24.6 Å². The van der Waals surface area contributed by atoms with Crippen LogP contribution in [0.4, 0.5) is 5.69 Å². The number of amides is 1. The smallest absolute Gasteiger partial charge is 0.255 e. The number of hydrogen-bond acceptors (Lipinski definition) is 5. The van der Waals surface area contributed by atoms with Gasteiger partial charge in [0.15, 0.2) is 0 Å². The zero-order chi connectivity index (χ0) is 13.7. The lowest BCUT2D eigenvalue weighted by Gasteiger charge is -2.09. The van der Waals surface area contributed by atoms with Crippen LogP contribution in [0.2, 0.25) is 0 Å². The van der Waals surface area contributed by atoms with Gasteiger partial charge in [0.2, 0.25) is 0 Å². The summed E-state index contributed by atoms with van der Waals surface area (Å²) >= 11 is 0. The van der Waals surface area contributed by atoms with Crippen LogP contribution in [0.5, 0.6) is 0 Å². The lowest BCUT2D eigenvalue weighted by molar-refractivity contribution is 0.0951. The molecule has 0 saturated heterocycles. The number of nitrogens with one attached hydrogen (secondary N) is 2. The SMILES string of the molecule is Cc1cccnc1CNC(=O)c1cnccc1NN. The number of nitrogens with two attached hydrogens (primary N) is 1. The number of aryl methyl sites for hydroxylation is 1. The minimum Gasteiger partial charge on any atom is -0.346 e. The van der Waals surface area contributed by atoms with E-state index in [2.05, 4.69) is 20.7 Å². The summed E-state index contributed by atoms with van der Waals surface area (Å²) in [5, 5.41) is 2.79. The molecule has 0 atom stereocenters. The maximum Gasteiger partial charge on any atom is 0.255 e. The maximum atomic E-state index is 12.0. The van der Waals surface area contributed by atoms with Crippen molar-refractivity contribution in [2.24, 2.45) is 5.84 Å². The van der Waals surface area contributed by atoms with E-state index in [1.165, 1.54) is 6.20 Å². The van der Waals surface area contributed by atoms with Crippen molar-refractivity contribution in [3.05, 3.63) is 53.6 Å². The quantitative estimate of drug-likeness (QED) is 0.561. The van der Waals surface area contributed by atoms with E-state index in [4.69, 9.17) is 5.84 Å². The van der Waals surface area contributed by atoms with E-state index >= 15 is 0 Å². The number of carbonyl (C=O) groups excluding carboxylic acids is 1. The van der Waals surface area contributed by atoms with E-state index < -0.39 is 0 Å². The van der Waals surface area contributed by atoms with Gasteiger partial charge in [0.25, 0.3) is 5.91 Å². The van der Waals surface area contributed by atoms with Crippen LogP contribution < -0.4 is 16.6 Å². The minimum absolute atomic E-state index is 0.244. The number of pyridine rings is 2. The van der Waals surface area contributed by atoms with E-state index in [0.29, 0.717) is 17.8 Å². The second-order valence-electron chi connectivity index (χ2n) is 4.02. The van der Waals surface area contributed by atoms with E-state index in [-0.39, 0.29) is 5.91 Å². The molecule has 0 bridgehead atoms. The van der Waals surface area contributed by atoms with Gasteiger partial charge in [-0.2, -0.15) is 0 Å². The molecule has 2 aromatic heterocycles. The van der Waals surface area contributed by atoms with Crippen LogP contribution in [0.3, 0.4) is 0 Å². The molecule has 2 aromatic rings. The molecule has 2 heterocycles. The Hall–Kier alpha value is -2.47. The average Bonchev–Trinajstić information content (AvgIpc) is 2.46. The Kier molecular flexibility index (Phi) is 4.04. The summed E-state index contributed by atoms with van der Waals surface area (Å²) in [5.74, 6) is 5.11. The van der Waals surface area contributed by atoms with Gasteiger partial charge in [-0.3, -0.25) is 20.6 Å². The molecular formula is C13H15N5O. The van der Waals surface area contributed by atoms with E-state index in [1.54, 1.807) is 18.5 Å². The Labute approximate surface area is 111 Å². The Balaban J connectivity index is 2.08. The first-order valence-corrected chi connectivity index (χ1v) is 5.81. The van der Waals surface area contributed by atoms with Gasteiger partial charge in [0, 0.05) is 18.6 Å². The number of hydrazine groups is 1. The average molecular weight is 257 g/mol. The summed E-state index contributed by atoms with van der Waals surface area (Å²) in [7, 11) is 0. The van der Waals surface area contributed by atoms with E-state index in [0.717, 1.165) is 11.3 Å². The molecule has 0 aromatic carbocycles. The largest absolute Gasteiger partial charge is 0.346 e. The van der Waals surface area contributed by atoms with Crippen LogP contribution in [-0.2, 0) is 6.54 Å². The first-order chi connectivity index (χ1) is 9.22. The van der Waals surface area contributed by atoms with Gasteiger partial charge in [0.1, 0.15) is 0 Å². The van der Waals surface area contributed by atoms with Gasteiger partial charge in [-0.15, -0.1) is 0 Å². The second-order valence-corrected chi connectivity index (χ2v) is 4.02. The molecule has 2 rings (SSSR count). The van der Waals surface area contributed by atoms with E-state index in [9.17, 15) is 4.79 Å². The number of carbonyl (C=O) groups is 1. The molecule has 0 radical (unpaired) electrons. The normalized spacial score (nSPS) is 10.0. The van der Waals surface area contributed by atoms with Crippen LogP contribution in [0.25, 0.3) is 0 Å². The van der Waals surface area contributed by atoms with Crippen LogP contribution >= 0.6 is 0 Å². The summed E-state index contributed by atoms with van der Waals surface area (Å²) < 4.78 is 0. The highest BCUT2D eigenvalue weighted by Crippen LogP contribution is 2.12. The molecule has 0 fully saturated rings. The molecular weight excluding hydrogens is 242 g/mol. The van der Waals surface area contributed by atoms with Crippen molar-refractivity contribution in [3.63, 3.8) is 0 Å². The fourth-order valence-corrected chi connectivity index (χ4v) is 1.66. The van der Waals surface area contributed by atoms with Crippen LogP contribution in [0.1, 0.15) is 21.6 Å². The molecule has 0 aliphatic carbocycles. The van der Waals surface area contributed by atoms with Crippen molar-refractivity contribution < 1.29 is 4.79 Å². The molecule has 6 nitrogen and oxygen atoms in total. The summed E-state index contributed by atoms with van der Waals surface area (Å²) in [4.78, 5) is 20.2. The number of hydrogen-bond donors (Lipinski definition) is 3. The van der Waals surface area contributed by atoms with Crippen molar-refractivity contribution in [3.8, 4) is 0 Å². The lowest BCUT2D eigenvalue weighted by atomic mass is 10.2. The highest BCUT2D eigenvalue weighted by molar-refractivity contribution is 5.99. The third kappa shape index (κ3) is 3.05. The van der Waals surface area contributed by atoms with Crippen molar-refractivity contribution in [1.29, 1.82) is 0 Å². The van der Waals surface area contributed by atoms with Crippen LogP contribution in [0, 0.1) is 6.92 Å². The predicted octanol–water partition coefficient (Wildman–Crippen LogP) is 1.00. The third-order valence-corrected chi connectivity index (χ3v) is 2.76. The van der Waals surface area contributed by atoms with Crippen LogP contribution in [0.15, 0.2) is 36.8 Å². The maximum absolute atomic E-state index is 12.0. The van der Waals surface area contributed by atoms with Gasteiger partial charge in [0.05, 0.1) is 23.5 Å². The van der Waals surface area contributed by atoms with Crippen LogP contribution in [-0.4, -0.2) is 15.9 Å². The summed E-state index contributed by atoms with van der Waals surface area (Å²) in [5.41, 5.74) is 5.27. The molecule has 0 spiro atoms. The number of aromatic nitrogens is 2. The Morgan fingerprint density at radius 1 is 1.37 bits per heavy atom. The molecule has 1 amide bonds.